The van der Waals surface area contributed by atoms with Crippen LogP contribution < -0.4 is 11.1 Å². The van der Waals surface area contributed by atoms with Crippen LogP contribution in [0.25, 0.3) is 0 Å². The fourth-order valence-electron chi connectivity index (χ4n) is 2.53. The Bertz CT molecular complexity index is 500. The lowest BCUT2D eigenvalue weighted by Crippen LogP contribution is -2.45. The summed E-state index contributed by atoms with van der Waals surface area (Å²) < 4.78 is 5.26. The van der Waals surface area contributed by atoms with Crippen molar-refractivity contribution in [2.75, 3.05) is 11.9 Å². The van der Waals surface area contributed by atoms with E-state index >= 15 is 0 Å². The van der Waals surface area contributed by atoms with Gasteiger partial charge in [0.2, 0.25) is 0 Å². The zero-order valence-electron chi connectivity index (χ0n) is 11.8. The Morgan fingerprint density at radius 1 is 1.24 bits per heavy atom. The van der Waals surface area contributed by atoms with Crippen LogP contribution in [-0.4, -0.2) is 18.2 Å². The van der Waals surface area contributed by atoms with Crippen molar-refractivity contribution in [2.45, 2.75) is 44.1 Å². The molecule has 116 valence electrons. The van der Waals surface area contributed by atoms with Crippen molar-refractivity contribution in [3.63, 3.8) is 0 Å². The van der Waals surface area contributed by atoms with Gasteiger partial charge in [0.25, 0.3) is 0 Å². The van der Waals surface area contributed by atoms with Crippen molar-refractivity contribution in [1.82, 2.24) is 0 Å². The highest BCUT2D eigenvalue weighted by Crippen LogP contribution is 2.27. The van der Waals surface area contributed by atoms with Gasteiger partial charge in [-0.2, -0.15) is 0 Å². The van der Waals surface area contributed by atoms with Crippen molar-refractivity contribution in [3.05, 3.63) is 28.2 Å². The maximum Gasteiger partial charge on any atom is 0.411 e. The molecule has 6 heteroatoms. The van der Waals surface area contributed by atoms with Gasteiger partial charge in [0.1, 0.15) is 6.61 Å². The number of halogens is 2. The number of ether oxygens (including phenoxy) is 1. The summed E-state index contributed by atoms with van der Waals surface area (Å²) in [7, 11) is 0. The molecule has 4 nitrogen and oxygen atoms in total. The number of amides is 1. The molecule has 1 amide bonds. The Hall–Kier alpha value is -0.970. The third-order valence-electron chi connectivity index (χ3n) is 3.76. The van der Waals surface area contributed by atoms with Gasteiger partial charge in [-0.05, 0) is 31.0 Å². The molecule has 0 spiro atoms. The molecule has 1 saturated carbocycles. The van der Waals surface area contributed by atoms with Crippen LogP contribution in [0.5, 0.6) is 0 Å². The second-order valence-corrected chi connectivity index (χ2v) is 6.45. The normalized spacial score (nSPS) is 17.9. The third kappa shape index (κ3) is 5.06. The summed E-state index contributed by atoms with van der Waals surface area (Å²) in [6.45, 7) is 0.219. The van der Waals surface area contributed by atoms with Crippen LogP contribution >= 0.6 is 23.2 Å². The Balaban J connectivity index is 1.88. The molecule has 0 heterocycles. The first-order chi connectivity index (χ1) is 9.98. The maximum atomic E-state index is 11.9. The van der Waals surface area contributed by atoms with Crippen molar-refractivity contribution in [2.24, 2.45) is 5.73 Å². The molecule has 3 N–H and O–H groups in total. The van der Waals surface area contributed by atoms with E-state index in [0.717, 1.165) is 25.7 Å². The molecule has 2 rings (SSSR count). The Morgan fingerprint density at radius 3 is 2.57 bits per heavy atom. The number of carbonyl (C=O) groups is 1. The van der Waals surface area contributed by atoms with Gasteiger partial charge in [-0.1, -0.05) is 48.9 Å². The highest BCUT2D eigenvalue weighted by atomic mass is 35.5. The van der Waals surface area contributed by atoms with E-state index in [0.29, 0.717) is 15.7 Å². The van der Waals surface area contributed by atoms with Gasteiger partial charge in [-0.15, -0.1) is 0 Å². The van der Waals surface area contributed by atoms with Gasteiger partial charge in [0.05, 0.1) is 16.2 Å². The van der Waals surface area contributed by atoms with E-state index in [1.165, 1.54) is 12.8 Å². The number of hydrogen-bond donors (Lipinski definition) is 2. The number of anilines is 1. The lowest BCUT2D eigenvalue weighted by molar-refractivity contribution is 0.122. The van der Waals surface area contributed by atoms with E-state index in [9.17, 15) is 4.79 Å². The second kappa shape index (κ2) is 7.34. The number of rotatable bonds is 3. The SMILES string of the molecule is NC1(COC(=O)Nc2cc(Cl)ccc2Cl)CCCCCC1. The van der Waals surface area contributed by atoms with Crippen molar-refractivity contribution in [3.8, 4) is 0 Å². The van der Waals surface area contributed by atoms with E-state index in [1.807, 2.05) is 0 Å². The third-order valence-corrected chi connectivity index (χ3v) is 4.32. The van der Waals surface area contributed by atoms with Crippen LogP contribution in [0.4, 0.5) is 10.5 Å². The van der Waals surface area contributed by atoms with Gasteiger partial charge in [0.15, 0.2) is 0 Å². The van der Waals surface area contributed by atoms with Gasteiger partial charge >= 0.3 is 6.09 Å². The van der Waals surface area contributed by atoms with Crippen LogP contribution in [0.1, 0.15) is 38.5 Å². The Morgan fingerprint density at radius 2 is 1.90 bits per heavy atom. The molecule has 0 atom stereocenters. The van der Waals surface area contributed by atoms with Gasteiger partial charge < -0.3 is 10.5 Å². The van der Waals surface area contributed by atoms with Gasteiger partial charge in [-0.25, -0.2) is 4.79 Å². The lowest BCUT2D eigenvalue weighted by Gasteiger charge is -2.27. The quantitative estimate of drug-likeness (QED) is 0.796. The summed E-state index contributed by atoms with van der Waals surface area (Å²) in [6.07, 6.45) is 5.78. The van der Waals surface area contributed by atoms with Crippen molar-refractivity contribution in [1.29, 1.82) is 0 Å². The molecule has 0 unspecified atom stereocenters. The van der Waals surface area contributed by atoms with Crippen LogP contribution in [0, 0.1) is 0 Å². The van der Waals surface area contributed by atoms with Crippen molar-refractivity contribution < 1.29 is 9.53 Å². The first-order valence-electron chi connectivity index (χ1n) is 7.16. The van der Waals surface area contributed by atoms with E-state index in [4.69, 9.17) is 33.7 Å². The summed E-state index contributed by atoms with van der Waals surface area (Å²) in [5.41, 5.74) is 6.32. The average Bonchev–Trinajstić information content (AvgIpc) is 2.66. The predicted molar refractivity (Wildman–Crippen MR) is 86.1 cm³/mol. The standard InChI is InChI=1S/C15H20Cl2N2O2/c16-11-5-6-12(17)13(9-11)19-14(20)21-10-15(18)7-3-1-2-4-8-15/h5-6,9H,1-4,7-8,10,18H2,(H,19,20). The number of benzene rings is 1. The molecule has 1 aliphatic carbocycles. The molecule has 1 fully saturated rings. The summed E-state index contributed by atoms with van der Waals surface area (Å²) in [6, 6.07) is 4.85. The van der Waals surface area contributed by atoms with E-state index in [2.05, 4.69) is 5.32 Å². The average molecular weight is 331 g/mol. The molecule has 0 radical (unpaired) electrons. The number of nitrogens with one attached hydrogen (secondary N) is 1. The summed E-state index contributed by atoms with van der Waals surface area (Å²) in [5, 5.41) is 3.50. The first kappa shape index (κ1) is 16.4. The summed E-state index contributed by atoms with van der Waals surface area (Å²) >= 11 is 11.9. The maximum absolute atomic E-state index is 11.9. The highest BCUT2D eigenvalue weighted by Gasteiger charge is 2.28. The fourth-order valence-corrected chi connectivity index (χ4v) is 2.86. The zero-order valence-corrected chi connectivity index (χ0v) is 13.3. The van der Waals surface area contributed by atoms with E-state index in [-0.39, 0.29) is 6.61 Å². The zero-order chi connectivity index (χ0) is 15.3. The largest absolute Gasteiger partial charge is 0.447 e. The van der Waals surface area contributed by atoms with Gasteiger partial charge in [0, 0.05) is 5.02 Å². The topological polar surface area (TPSA) is 64.3 Å². The summed E-state index contributed by atoms with van der Waals surface area (Å²) in [5.74, 6) is 0. The first-order valence-corrected chi connectivity index (χ1v) is 7.92. The molecule has 0 bridgehead atoms. The molecule has 21 heavy (non-hydrogen) atoms. The second-order valence-electron chi connectivity index (χ2n) is 5.60. The molecule has 1 aromatic carbocycles. The number of carbonyl (C=O) groups excluding carboxylic acids is 1. The fraction of sp³-hybridized carbons (Fsp3) is 0.533. The Labute approximate surface area is 134 Å². The molecule has 1 aromatic rings. The Kier molecular flexibility index (Phi) is 5.73. The van der Waals surface area contributed by atoms with E-state index in [1.54, 1.807) is 18.2 Å². The molecular formula is C15H20Cl2N2O2. The lowest BCUT2D eigenvalue weighted by atomic mass is 9.93. The molecule has 0 saturated heterocycles. The van der Waals surface area contributed by atoms with Gasteiger partial charge in [-0.3, -0.25) is 5.32 Å². The molecular weight excluding hydrogens is 311 g/mol. The summed E-state index contributed by atoms with van der Waals surface area (Å²) in [4.78, 5) is 11.9. The minimum absolute atomic E-state index is 0.219. The van der Waals surface area contributed by atoms with Crippen LogP contribution in [0.2, 0.25) is 10.0 Å². The highest BCUT2D eigenvalue weighted by molar-refractivity contribution is 6.35. The van der Waals surface area contributed by atoms with Crippen LogP contribution in [-0.2, 0) is 4.74 Å². The van der Waals surface area contributed by atoms with Crippen LogP contribution in [0.3, 0.4) is 0 Å². The molecule has 0 aromatic heterocycles. The predicted octanol–water partition coefficient (Wildman–Crippen LogP) is 4.59. The van der Waals surface area contributed by atoms with Crippen molar-refractivity contribution >= 4 is 35.0 Å². The number of nitrogens with two attached hydrogens (primary N) is 1. The van der Waals surface area contributed by atoms with E-state index < -0.39 is 11.6 Å². The minimum Gasteiger partial charge on any atom is -0.447 e. The monoisotopic (exact) mass is 330 g/mol. The smallest absolute Gasteiger partial charge is 0.411 e. The molecule has 1 aliphatic rings. The minimum atomic E-state index is -0.562. The number of hydrogen-bond acceptors (Lipinski definition) is 3. The van der Waals surface area contributed by atoms with Crippen LogP contribution in [0.15, 0.2) is 18.2 Å². The molecule has 0 aliphatic heterocycles.